The maximum atomic E-state index is 2.44. The maximum absolute atomic E-state index is 2.44. The van der Waals surface area contributed by atoms with Gasteiger partial charge in [-0.1, -0.05) is 164 Å². The maximum Gasteiger partial charge on any atom is 0.0727 e. The zero-order valence-corrected chi connectivity index (χ0v) is 32.9. The second-order valence-electron chi connectivity index (χ2n) is 15.3. The van der Waals surface area contributed by atoms with Gasteiger partial charge in [0.25, 0.3) is 0 Å². The number of benzene rings is 10. The van der Waals surface area contributed by atoms with Gasteiger partial charge in [-0.05, 0) is 109 Å². The van der Waals surface area contributed by atoms with Crippen molar-refractivity contribution in [3.63, 3.8) is 0 Å². The molecule has 2 aromatic heterocycles. The summed E-state index contributed by atoms with van der Waals surface area (Å²) in [5.41, 5.74) is 11.9. The number of hydrogen-bond donors (Lipinski definition) is 0. The Bertz CT molecular complexity index is 3550. The lowest BCUT2D eigenvalue weighted by atomic mass is 9.97. The first kappa shape index (κ1) is 33.7. The number of anilines is 3. The third-order valence-electron chi connectivity index (χ3n) is 11.9. The lowest BCUT2D eigenvalue weighted by Gasteiger charge is -2.27. The van der Waals surface area contributed by atoms with Crippen LogP contribution in [0.4, 0.5) is 17.1 Å². The number of rotatable bonds is 6. The van der Waals surface area contributed by atoms with E-state index in [0.29, 0.717) is 0 Å². The van der Waals surface area contributed by atoms with Crippen LogP contribution in [0.2, 0.25) is 0 Å². The van der Waals surface area contributed by atoms with Crippen LogP contribution in [-0.2, 0) is 0 Å². The van der Waals surface area contributed by atoms with Crippen molar-refractivity contribution in [1.82, 2.24) is 4.57 Å². The number of hydrogen-bond acceptors (Lipinski definition) is 2. The number of nitrogens with zero attached hydrogens (tertiary/aromatic N) is 2. The highest BCUT2D eigenvalue weighted by Gasteiger charge is 2.21. The highest BCUT2D eigenvalue weighted by Crippen LogP contribution is 2.47. The van der Waals surface area contributed by atoms with E-state index in [4.69, 9.17) is 0 Å². The monoisotopic (exact) mass is 768 g/mol. The Kier molecular flexibility index (Phi) is 7.75. The van der Waals surface area contributed by atoms with E-state index in [1.54, 1.807) is 0 Å². The molecule has 0 fully saturated rings. The SMILES string of the molecule is c1ccc(-n2c3ccccc3c3sc4c(-c5cccc(N(c6ccc(-c7cccc8ccccc78)cc6)c6ccc7c(ccc8ccccc87)c6)c5)cccc4c32)cc1. The minimum atomic E-state index is 1.11. The van der Waals surface area contributed by atoms with Gasteiger partial charge in [-0.3, -0.25) is 0 Å². The van der Waals surface area contributed by atoms with Gasteiger partial charge in [0.15, 0.2) is 0 Å². The van der Waals surface area contributed by atoms with Crippen LogP contribution in [0.5, 0.6) is 0 Å². The Labute approximate surface area is 346 Å². The molecule has 0 amide bonds. The van der Waals surface area contributed by atoms with Crippen molar-refractivity contribution in [3.8, 4) is 27.9 Å². The second-order valence-corrected chi connectivity index (χ2v) is 16.3. The van der Waals surface area contributed by atoms with Crippen LogP contribution in [0.3, 0.4) is 0 Å². The Morgan fingerprint density at radius 1 is 0.339 bits per heavy atom. The molecule has 59 heavy (non-hydrogen) atoms. The molecule has 10 aromatic carbocycles. The van der Waals surface area contributed by atoms with Gasteiger partial charge in [0.1, 0.15) is 0 Å². The zero-order valence-electron chi connectivity index (χ0n) is 32.1. The normalized spacial score (nSPS) is 11.7. The number of para-hydroxylation sites is 2. The summed E-state index contributed by atoms with van der Waals surface area (Å²) in [7, 11) is 0. The van der Waals surface area contributed by atoms with Crippen molar-refractivity contribution < 1.29 is 0 Å². The molecular weight excluding hydrogens is 733 g/mol. The van der Waals surface area contributed by atoms with Crippen LogP contribution < -0.4 is 4.90 Å². The molecule has 3 heteroatoms. The lowest BCUT2D eigenvalue weighted by Crippen LogP contribution is -2.10. The molecule has 0 spiro atoms. The highest BCUT2D eigenvalue weighted by atomic mass is 32.1. The topological polar surface area (TPSA) is 8.17 Å². The fourth-order valence-electron chi connectivity index (χ4n) is 9.23. The summed E-state index contributed by atoms with van der Waals surface area (Å²) in [4.78, 5) is 2.41. The van der Waals surface area contributed by atoms with Gasteiger partial charge in [-0.15, -0.1) is 11.3 Å². The number of thiophene rings is 1. The van der Waals surface area contributed by atoms with E-state index < -0.39 is 0 Å². The standard InChI is InChI=1S/C56H36N2S/c1-2-17-42(18-3-1)58-53-26-9-8-22-51(53)56-54(58)52-25-12-24-50(55(52)59-56)40-16-10-19-44(35-40)57(45-33-34-49-41(36-45)28-27-38-14-5-7-21-47(38)49)43-31-29-39(30-32-43)48-23-11-15-37-13-4-6-20-46(37)48/h1-36H. The third-order valence-corrected chi connectivity index (χ3v) is 13.2. The Hall–Kier alpha value is -7.46. The zero-order chi connectivity index (χ0) is 38.9. The van der Waals surface area contributed by atoms with E-state index in [-0.39, 0.29) is 0 Å². The molecule has 2 nitrogen and oxygen atoms in total. The summed E-state index contributed by atoms with van der Waals surface area (Å²) in [5, 5.41) is 10.1. The number of aromatic nitrogens is 1. The van der Waals surface area contributed by atoms with Crippen LogP contribution in [0.1, 0.15) is 0 Å². The fraction of sp³-hybridized carbons (Fsp3) is 0. The Balaban J connectivity index is 1.03. The van der Waals surface area contributed by atoms with Crippen LogP contribution in [-0.4, -0.2) is 4.57 Å². The van der Waals surface area contributed by atoms with E-state index in [2.05, 4.69) is 228 Å². The molecule has 0 aliphatic rings. The van der Waals surface area contributed by atoms with Crippen molar-refractivity contribution in [1.29, 1.82) is 0 Å². The van der Waals surface area contributed by atoms with Crippen molar-refractivity contribution in [3.05, 3.63) is 218 Å². The highest BCUT2D eigenvalue weighted by molar-refractivity contribution is 7.27. The third kappa shape index (κ3) is 5.47. The van der Waals surface area contributed by atoms with Gasteiger partial charge >= 0.3 is 0 Å². The van der Waals surface area contributed by atoms with Gasteiger partial charge in [0.05, 0.1) is 15.7 Å². The summed E-state index contributed by atoms with van der Waals surface area (Å²) in [6.45, 7) is 0. The molecule has 0 aliphatic carbocycles. The first-order valence-corrected chi connectivity index (χ1v) is 21.0. The van der Waals surface area contributed by atoms with Crippen LogP contribution >= 0.6 is 11.3 Å². The minimum absolute atomic E-state index is 1.11. The van der Waals surface area contributed by atoms with Crippen molar-refractivity contribution >= 4 is 91.9 Å². The Morgan fingerprint density at radius 2 is 0.949 bits per heavy atom. The van der Waals surface area contributed by atoms with Crippen LogP contribution in [0.15, 0.2) is 218 Å². The van der Waals surface area contributed by atoms with Gasteiger partial charge in [0.2, 0.25) is 0 Å². The molecule has 0 unspecified atom stereocenters. The average molecular weight is 769 g/mol. The quantitative estimate of drug-likeness (QED) is 0.153. The molecule has 0 bridgehead atoms. The fourth-order valence-corrected chi connectivity index (χ4v) is 10.6. The van der Waals surface area contributed by atoms with Gasteiger partial charge in [0, 0.05) is 38.2 Å². The summed E-state index contributed by atoms with van der Waals surface area (Å²) in [5.74, 6) is 0. The second kappa shape index (κ2) is 13.6. The predicted octanol–water partition coefficient (Wildman–Crippen LogP) is 16.3. The lowest BCUT2D eigenvalue weighted by molar-refractivity contribution is 1.19. The van der Waals surface area contributed by atoms with E-state index in [0.717, 1.165) is 17.1 Å². The smallest absolute Gasteiger partial charge is 0.0727 e. The molecule has 0 atom stereocenters. The van der Waals surface area contributed by atoms with Crippen molar-refractivity contribution in [2.75, 3.05) is 4.90 Å². The minimum Gasteiger partial charge on any atom is -0.310 e. The first-order valence-electron chi connectivity index (χ1n) is 20.2. The Morgan fingerprint density at radius 3 is 1.81 bits per heavy atom. The molecule has 276 valence electrons. The molecule has 0 radical (unpaired) electrons. The molecule has 12 aromatic rings. The van der Waals surface area contributed by atoms with E-state index in [1.807, 2.05) is 11.3 Å². The number of fused-ring (bicyclic) bond motifs is 9. The molecule has 2 heterocycles. The van der Waals surface area contributed by atoms with Crippen LogP contribution in [0.25, 0.3) is 91.5 Å². The molecule has 0 saturated carbocycles. The molecular formula is C56H36N2S. The van der Waals surface area contributed by atoms with Gasteiger partial charge < -0.3 is 9.47 Å². The summed E-state index contributed by atoms with van der Waals surface area (Å²) in [6, 6.07) is 79.8. The van der Waals surface area contributed by atoms with Crippen LogP contribution in [0, 0.1) is 0 Å². The van der Waals surface area contributed by atoms with E-state index in [9.17, 15) is 0 Å². The molecule has 0 aliphatic heterocycles. The van der Waals surface area contributed by atoms with Gasteiger partial charge in [-0.25, -0.2) is 0 Å². The van der Waals surface area contributed by atoms with Crippen molar-refractivity contribution in [2.24, 2.45) is 0 Å². The molecule has 0 saturated heterocycles. The predicted molar refractivity (Wildman–Crippen MR) is 254 cm³/mol. The summed E-state index contributed by atoms with van der Waals surface area (Å²) < 4.78 is 5.06. The molecule has 12 rings (SSSR count). The largest absolute Gasteiger partial charge is 0.310 e. The molecule has 0 N–H and O–H groups in total. The van der Waals surface area contributed by atoms with E-state index >= 15 is 0 Å². The van der Waals surface area contributed by atoms with Crippen molar-refractivity contribution in [2.45, 2.75) is 0 Å². The summed E-state index contributed by atoms with van der Waals surface area (Å²) >= 11 is 1.90. The van der Waals surface area contributed by atoms with E-state index in [1.165, 1.54) is 91.5 Å². The first-order chi connectivity index (χ1) is 29.3. The summed E-state index contributed by atoms with van der Waals surface area (Å²) in [6.07, 6.45) is 0. The van der Waals surface area contributed by atoms with Gasteiger partial charge in [-0.2, -0.15) is 0 Å². The average Bonchev–Trinajstić information content (AvgIpc) is 3.84.